The number of methoxy groups -OCH3 is 1. The molecule has 31 heavy (non-hydrogen) atoms. The minimum absolute atomic E-state index is 0.0944. The Morgan fingerprint density at radius 3 is 2.55 bits per heavy atom. The van der Waals surface area contributed by atoms with E-state index in [0.717, 1.165) is 5.56 Å². The summed E-state index contributed by atoms with van der Waals surface area (Å²) in [6.45, 7) is 1.94. The number of aryl methyl sites for hydroxylation is 1. The third-order valence-corrected chi connectivity index (χ3v) is 6.00. The Morgan fingerprint density at radius 1 is 1.19 bits per heavy atom. The van der Waals surface area contributed by atoms with Crippen LogP contribution in [-0.4, -0.2) is 47.4 Å². The highest BCUT2D eigenvalue weighted by molar-refractivity contribution is 7.98. The zero-order valence-electron chi connectivity index (χ0n) is 17.9. The first kappa shape index (κ1) is 22.8. The number of nitrogens with one attached hydrogen (secondary N) is 1. The molecule has 1 aromatic heterocycles. The van der Waals surface area contributed by atoms with Crippen LogP contribution < -0.4 is 10.9 Å². The van der Waals surface area contributed by atoms with Crippen molar-refractivity contribution in [2.75, 3.05) is 19.1 Å². The van der Waals surface area contributed by atoms with E-state index < -0.39 is 23.5 Å². The third-order valence-electron chi connectivity index (χ3n) is 5.36. The lowest BCUT2D eigenvalue weighted by atomic mass is 9.92. The van der Waals surface area contributed by atoms with Gasteiger partial charge in [0.15, 0.2) is 5.78 Å². The van der Waals surface area contributed by atoms with E-state index in [-0.39, 0.29) is 11.3 Å². The zero-order chi connectivity index (χ0) is 22.5. The number of fused-ring (bicyclic) bond motifs is 1. The minimum Gasteiger partial charge on any atom is -0.467 e. The van der Waals surface area contributed by atoms with Gasteiger partial charge in [0.2, 0.25) is 0 Å². The first-order valence-corrected chi connectivity index (χ1v) is 11.5. The first-order valence-electron chi connectivity index (χ1n) is 10.1. The van der Waals surface area contributed by atoms with Gasteiger partial charge in [-0.25, -0.2) is 4.79 Å². The van der Waals surface area contributed by atoms with Gasteiger partial charge in [0.05, 0.1) is 7.11 Å². The highest BCUT2D eigenvalue weighted by Crippen LogP contribution is 2.24. The van der Waals surface area contributed by atoms with Gasteiger partial charge in [0.1, 0.15) is 11.6 Å². The Bertz CT molecular complexity index is 1060. The highest BCUT2D eigenvalue weighted by Gasteiger charge is 2.28. The number of pyridine rings is 1. The Hall–Kier alpha value is -2.87. The number of carbonyl (C=O) groups excluding carboxylic acids is 3. The van der Waals surface area contributed by atoms with Crippen LogP contribution in [0.4, 0.5) is 0 Å². The number of Topliss-reactive ketones (excluding diaryl/α,β-unsaturated/α-hetero) is 1. The van der Waals surface area contributed by atoms with Gasteiger partial charge in [-0.05, 0) is 56.4 Å². The number of esters is 1. The van der Waals surface area contributed by atoms with Gasteiger partial charge in [-0.3, -0.25) is 19.0 Å². The molecule has 0 saturated heterocycles. The molecule has 0 fully saturated rings. The summed E-state index contributed by atoms with van der Waals surface area (Å²) in [6.07, 6.45) is 3.87. The number of nitrogens with zero attached hydrogens (tertiary/aromatic N) is 1. The van der Waals surface area contributed by atoms with E-state index in [1.54, 1.807) is 12.1 Å². The fourth-order valence-electron chi connectivity index (χ4n) is 3.68. The second kappa shape index (κ2) is 9.96. The number of rotatable bonds is 7. The Kier molecular flexibility index (Phi) is 7.33. The summed E-state index contributed by atoms with van der Waals surface area (Å²) < 4.78 is 6.24. The fraction of sp³-hybridized carbons (Fsp3) is 0.391. The van der Waals surface area contributed by atoms with E-state index in [0.29, 0.717) is 48.4 Å². The van der Waals surface area contributed by atoms with Crippen LogP contribution in [0.1, 0.15) is 51.2 Å². The molecule has 0 bridgehead atoms. The summed E-state index contributed by atoms with van der Waals surface area (Å²) in [5.74, 6) is -0.724. The Labute approximate surface area is 185 Å². The summed E-state index contributed by atoms with van der Waals surface area (Å²) >= 11 is 1.53. The number of ether oxygens (including phenoxy) is 1. The summed E-state index contributed by atoms with van der Waals surface area (Å²) in [6, 6.07) is 7.86. The number of thioether (sulfide) groups is 1. The number of aromatic nitrogens is 1. The lowest BCUT2D eigenvalue weighted by Crippen LogP contribution is -2.44. The van der Waals surface area contributed by atoms with Crippen molar-refractivity contribution in [2.24, 2.45) is 0 Å². The second-order valence-electron chi connectivity index (χ2n) is 7.50. The van der Waals surface area contributed by atoms with E-state index >= 15 is 0 Å². The van der Waals surface area contributed by atoms with Gasteiger partial charge in [-0.15, -0.1) is 0 Å². The van der Waals surface area contributed by atoms with E-state index in [4.69, 9.17) is 4.74 Å². The fourth-order valence-corrected chi connectivity index (χ4v) is 4.16. The predicted octanol–water partition coefficient (Wildman–Crippen LogP) is 2.69. The van der Waals surface area contributed by atoms with Gasteiger partial charge < -0.3 is 10.1 Å². The molecule has 1 atom stereocenters. The second-order valence-corrected chi connectivity index (χ2v) is 8.49. The van der Waals surface area contributed by atoms with Crippen LogP contribution in [0.2, 0.25) is 0 Å². The highest BCUT2D eigenvalue weighted by atomic mass is 32.2. The monoisotopic (exact) mass is 442 g/mol. The molecular formula is C23H26N2O5S. The van der Waals surface area contributed by atoms with Crippen molar-refractivity contribution in [3.8, 4) is 5.69 Å². The quantitative estimate of drug-likeness (QED) is 0.663. The van der Waals surface area contributed by atoms with Gasteiger partial charge in [-0.1, -0.05) is 17.7 Å². The van der Waals surface area contributed by atoms with Crippen molar-refractivity contribution in [1.82, 2.24) is 9.88 Å². The molecule has 164 valence electrons. The van der Waals surface area contributed by atoms with E-state index in [1.807, 2.05) is 25.3 Å². The van der Waals surface area contributed by atoms with E-state index in [2.05, 4.69) is 5.32 Å². The summed E-state index contributed by atoms with van der Waals surface area (Å²) in [5.41, 5.74) is 1.97. The molecule has 2 aromatic rings. The third kappa shape index (κ3) is 4.90. The standard InChI is InChI=1S/C23H26N2O5S/c1-14-7-9-15(10-8-14)25-19-5-4-6-20(26)16(19)13-17(22(25)28)21(27)24-18(11-12-31-3)23(29)30-2/h7-10,13,18H,4-6,11-12H2,1-3H3,(H,24,27)/t18-/m1/s1. The number of hydrogen-bond acceptors (Lipinski definition) is 6. The molecule has 1 N–H and O–H groups in total. The average Bonchev–Trinajstić information content (AvgIpc) is 2.76. The predicted molar refractivity (Wildman–Crippen MR) is 120 cm³/mol. The Balaban J connectivity index is 2.09. The Morgan fingerprint density at radius 2 is 1.90 bits per heavy atom. The maximum absolute atomic E-state index is 13.4. The molecule has 1 aliphatic rings. The molecule has 0 saturated carbocycles. The average molecular weight is 443 g/mol. The molecule has 1 amide bonds. The van der Waals surface area contributed by atoms with Crippen LogP contribution in [0.3, 0.4) is 0 Å². The van der Waals surface area contributed by atoms with Crippen molar-refractivity contribution in [3.05, 3.63) is 63.1 Å². The SMILES string of the molecule is COC(=O)[C@@H](CCSC)NC(=O)c1cc2c(n(-c3ccc(C)cc3)c1=O)CCCC2=O. The molecule has 7 nitrogen and oxygen atoms in total. The topological polar surface area (TPSA) is 94.5 Å². The van der Waals surface area contributed by atoms with E-state index in [1.165, 1.54) is 29.5 Å². The summed E-state index contributed by atoms with van der Waals surface area (Å²) in [7, 11) is 1.25. The minimum atomic E-state index is -0.871. The number of hydrogen-bond donors (Lipinski definition) is 1. The first-order chi connectivity index (χ1) is 14.9. The molecule has 0 spiro atoms. The van der Waals surface area contributed by atoms with Crippen molar-refractivity contribution >= 4 is 29.4 Å². The molecule has 0 unspecified atom stereocenters. The molecule has 3 rings (SSSR count). The smallest absolute Gasteiger partial charge is 0.328 e. The maximum atomic E-state index is 13.4. The number of amides is 1. The van der Waals surface area contributed by atoms with Gasteiger partial charge >= 0.3 is 5.97 Å². The van der Waals surface area contributed by atoms with Gasteiger partial charge in [-0.2, -0.15) is 11.8 Å². The van der Waals surface area contributed by atoms with Crippen LogP contribution in [0, 0.1) is 6.92 Å². The molecule has 1 heterocycles. The van der Waals surface area contributed by atoms with Crippen LogP contribution in [0.5, 0.6) is 0 Å². The lowest BCUT2D eigenvalue weighted by Gasteiger charge is -2.22. The van der Waals surface area contributed by atoms with E-state index in [9.17, 15) is 19.2 Å². The molecular weight excluding hydrogens is 416 g/mol. The van der Waals surface area contributed by atoms with Crippen molar-refractivity contribution < 1.29 is 19.1 Å². The van der Waals surface area contributed by atoms with Gasteiger partial charge in [0, 0.05) is 23.4 Å². The number of ketones is 1. The molecule has 0 aliphatic heterocycles. The largest absolute Gasteiger partial charge is 0.467 e. The van der Waals surface area contributed by atoms with Crippen LogP contribution >= 0.6 is 11.8 Å². The molecule has 8 heteroatoms. The van der Waals surface area contributed by atoms with Crippen LogP contribution in [-0.2, 0) is 16.0 Å². The molecule has 1 aromatic carbocycles. The molecule has 0 radical (unpaired) electrons. The number of carbonyl (C=O) groups is 3. The molecule has 1 aliphatic carbocycles. The summed E-state index contributed by atoms with van der Waals surface area (Å²) in [5, 5.41) is 2.62. The maximum Gasteiger partial charge on any atom is 0.328 e. The number of benzene rings is 1. The lowest BCUT2D eigenvalue weighted by molar-refractivity contribution is -0.142. The van der Waals surface area contributed by atoms with Crippen molar-refractivity contribution in [3.63, 3.8) is 0 Å². The normalized spacial score (nSPS) is 14.0. The summed E-state index contributed by atoms with van der Waals surface area (Å²) in [4.78, 5) is 51.1. The van der Waals surface area contributed by atoms with Crippen LogP contribution in [0.15, 0.2) is 35.1 Å². The van der Waals surface area contributed by atoms with Crippen molar-refractivity contribution in [2.45, 2.75) is 38.6 Å². The van der Waals surface area contributed by atoms with Crippen LogP contribution in [0.25, 0.3) is 5.69 Å². The van der Waals surface area contributed by atoms with Crippen molar-refractivity contribution in [1.29, 1.82) is 0 Å². The zero-order valence-corrected chi connectivity index (χ0v) is 18.7. The van der Waals surface area contributed by atoms with Gasteiger partial charge in [0.25, 0.3) is 11.5 Å².